The predicted molar refractivity (Wildman–Crippen MR) is 20.8 cm³/mol. The zero-order chi connectivity index (χ0) is 0. The van der Waals surface area contributed by atoms with Gasteiger partial charge < -0.3 is 0 Å². The maximum absolute atomic E-state index is 0. The molecule has 0 aliphatic rings. The van der Waals surface area contributed by atoms with Crippen molar-refractivity contribution in [1.82, 2.24) is 0 Å². The van der Waals surface area contributed by atoms with Crippen molar-refractivity contribution in [3.8, 4) is 0 Å². The van der Waals surface area contributed by atoms with Gasteiger partial charge in [0.05, 0.1) is 0 Å². The zero-order valence-corrected chi connectivity index (χ0v) is 7.94. The van der Waals surface area contributed by atoms with Crippen molar-refractivity contribution >= 4 is 27.0 Å². The molecule has 0 nitrogen and oxygen atoms in total. The largest absolute Gasteiger partial charge is 0.197 e. The molecule has 0 saturated heterocycles. The van der Waals surface area contributed by atoms with Crippen molar-refractivity contribution in [2.75, 3.05) is 0 Å². The Morgan fingerprint density at radius 3 is 0.500 bits per heavy atom. The van der Waals surface area contributed by atoms with Crippen LogP contribution in [0.1, 0.15) is 0 Å². The molecule has 0 aromatic heterocycles. The first kappa shape index (κ1) is 34.9. The Bertz CT molecular complexity index is 4.00. The number of hydrogen-bond donors (Lipinski definition) is 0. The van der Waals surface area contributed by atoms with E-state index in [1.165, 1.54) is 0 Å². The first-order chi connectivity index (χ1) is 0. The second-order valence-corrected chi connectivity index (χ2v) is 0. The first-order valence-electron chi connectivity index (χ1n) is 0. The molecule has 0 heterocycles. The monoisotopic (exact) mass is 462 g/mol. The molecule has 0 aromatic carbocycles. The fourth-order valence-electron chi connectivity index (χ4n) is 0. The minimum atomic E-state index is 0. The molecule has 0 atom stereocenters. The van der Waals surface area contributed by atoms with Crippen LogP contribution in [0.15, 0.2) is 0 Å². The third-order valence-electron chi connectivity index (χ3n) is 0. The van der Waals surface area contributed by atoms with E-state index in [0.717, 1.165) is 0 Å². The molecular weight excluding hydrogens is 458 g/mol. The van der Waals surface area contributed by atoms with Crippen LogP contribution in [0.3, 0.4) is 0 Å². The van der Waals surface area contributed by atoms with E-state index in [0.29, 0.717) is 0 Å². The average molecular weight is 462 g/mol. The normalized spacial score (nSPS) is 0. The molecular formula is H4Au2S2. The maximum Gasteiger partial charge on any atom is 0 e. The second kappa shape index (κ2) is 19.0. The van der Waals surface area contributed by atoms with Gasteiger partial charge in [-0.2, -0.15) is 27.0 Å². The van der Waals surface area contributed by atoms with Crippen molar-refractivity contribution < 1.29 is 44.8 Å². The van der Waals surface area contributed by atoms with Crippen LogP contribution in [0, 0.1) is 0 Å². The van der Waals surface area contributed by atoms with E-state index in [1.54, 1.807) is 0 Å². The summed E-state index contributed by atoms with van der Waals surface area (Å²) in [4.78, 5) is 0. The average Bonchev–Trinajstić information content (AvgIpc) is 0. The van der Waals surface area contributed by atoms with Crippen molar-refractivity contribution in [2.45, 2.75) is 0 Å². The van der Waals surface area contributed by atoms with Gasteiger partial charge in [-0.05, 0) is 0 Å². The molecule has 0 rings (SSSR count). The van der Waals surface area contributed by atoms with Crippen molar-refractivity contribution in [2.24, 2.45) is 0 Å². The Morgan fingerprint density at radius 1 is 0.500 bits per heavy atom. The van der Waals surface area contributed by atoms with Crippen LogP contribution in [0.4, 0.5) is 0 Å². The molecule has 0 saturated carbocycles. The van der Waals surface area contributed by atoms with Crippen molar-refractivity contribution in [3.05, 3.63) is 0 Å². The van der Waals surface area contributed by atoms with Gasteiger partial charge in [0, 0.05) is 44.8 Å². The molecule has 0 spiro atoms. The number of rotatable bonds is 0. The van der Waals surface area contributed by atoms with Gasteiger partial charge >= 0.3 is 0 Å². The first-order valence-corrected chi connectivity index (χ1v) is 0. The Labute approximate surface area is 71.0 Å². The summed E-state index contributed by atoms with van der Waals surface area (Å²) in [6, 6.07) is 0. The number of hydrogen-bond acceptors (Lipinski definition) is 0. The standard InChI is InChI=1S/2Au.2H2S/h;;2*1H2. The summed E-state index contributed by atoms with van der Waals surface area (Å²) in [5.41, 5.74) is 0. The third kappa shape index (κ3) is 8.89. The van der Waals surface area contributed by atoms with Gasteiger partial charge in [-0.15, -0.1) is 0 Å². The summed E-state index contributed by atoms with van der Waals surface area (Å²) in [6.45, 7) is 0. The van der Waals surface area contributed by atoms with Gasteiger partial charge in [-0.1, -0.05) is 0 Å². The summed E-state index contributed by atoms with van der Waals surface area (Å²) in [6.07, 6.45) is 0. The molecule has 0 aromatic rings. The summed E-state index contributed by atoms with van der Waals surface area (Å²) >= 11 is 0. The molecule has 0 aliphatic heterocycles. The molecule has 4 heteroatoms. The summed E-state index contributed by atoms with van der Waals surface area (Å²) in [7, 11) is 0. The van der Waals surface area contributed by atoms with Gasteiger partial charge in [0.25, 0.3) is 0 Å². The van der Waals surface area contributed by atoms with Crippen LogP contribution in [-0.4, -0.2) is 0 Å². The van der Waals surface area contributed by atoms with Crippen molar-refractivity contribution in [3.63, 3.8) is 0 Å². The molecule has 0 N–H and O–H groups in total. The van der Waals surface area contributed by atoms with E-state index >= 15 is 0 Å². The Kier molecular flexibility index (Phi) is 166. The maximum atomic E-state index is 0. The van der Waals surface area contributed by atoms with E-state index in [1.807, 2.05) is 0 Å². The van der Waals surface area contributed by atoms with Gasteiger partial charge in [-0.3, -0.25) is 0 Å². The summed E-state index contributed by atoms with van der Waals surface area (Å²) < 4.78 is 0. The SMILES string of the molecule is S.S.[Au].[Au]. The van der Waals surface area contributed by atoms with Crippen LogP contribution in [0.25, 0.3) is 0 Å². The zero-order valence-electron chi connectivity index (χ0n) is 1.60. The van der Waals surface area contributed by atoms with Crippen LogP contribution in [0.2, 0.25) is 0 Å². The second-order valence-electron chi connectivity index (χ2n) is 0. The molecule has 38 valence electrons. The Balaban J connectivity index is 0. The molecule has 0 aliphatic carbocycles. The fraction of sp³-hybridized carbons (Fsp3) is 0. The summed E-state index contributed by atoms with van der Waals surface area (Å²) in [5, 5.41) is 0. The smallest absolute Gasteiger partial charge is 0 e. The van der Waals surface area contributed by atoms with Crippen LogP contribution in [0.5, 0.6) is 0 Å². The topological polar surface area (TPSA) is 0 Å². The predicted octanol–water partition coefficient (Wildman–Crippen LogP) is 0.221. The van der Waals surface area contributed by atoms with Gasteiger partial charge in [-0.25, -0.2) is 0 Å². The molecule has 0 fully saturated rings. The van der Waals surface area contributed by atoms with Gasteiger partial charge in [0.2, 0.25) is 0 Å². The molecule has 0 unspecified atom stereocenters. The fourth-order valence-corrected chi connectivity index (χ4v) is 0. The van der Waals surface area contributed by atoms with E-state index in [-0.39, 0.29) is 71.8 Å². The van der Waals surface area contributed by atoms with E-state index in [4.69, 9.17) is 0 Å². The van der Waals surface area contributed by atoms with E-state index in [9.17, 15) is 0 Å². The van der Waals surface area contributed by atoms with Gasteiger partial charge in [0.1, 0.15) is 0 Å². The van der Waals surface area contributed by atoms with Crippen LogP contribution in [-0.2, 0) is 44.8 Å². The van der Waals surface area contributed by atoms with E-state index in [2.05, 4.69) is 0 Å². The van der Waals surface area contributed by atoms with Crippen molar-refractivity contribution in [1.29, 1.82) is 0 Å². The molecule has 4 heavy (non-hydrogen) atoms. The van der Waals surface area contributed by atoms with Gasteiger partial charge in [0.15, 0.2) is 0 Å². The summed E-state index contributed by atoms with van der Waals surface area (Å²) in [5.74, 6) is 0. The van der Waals surface area contributed by atoms with Crippen LogP contribution >= 0.6 is 27.0 Å². The van der Waals surface area contributed by atoms with Crippen LogP contribution < -0.4 is 0 Å². The minimum Gasteiger partial charge on any atom is -0.197 e. The minimum absolute atomic E-state index is 0. The molecule has 0 amide bonds. The Hall–Kier alpha value is 2.18. The Morgan fingerprint density at radius 2 is 0.500 bits per heavy atom. The molecule has 2 radical (unpaired) electrons. The third-order valence-corrected chi connectivity index (χ3v) is 0. The molecule has 0 bridgehead atoms. The quantitative estimate of drug-likeness (QED) is 0.453. The van der Waals surface area contributed by atoms with E-state index < -0.39 is 0 Å².